The summed E-state index contributed by atoms with van der Waals surface area (Å²) < 4.78 is 0. The second kappa shape index (κ2) is 7.29. The molecule has 1 aromatic carbocycles. The number of halogens is 1. The summed E-state index contributed by atoms with van der Waals surface area (Å²) in [5.74, 6) is 0.00928. The Morgan fingerprint density at radius 1 is 1.26 bits per heavy atom. The number of carbonyl (C=O) groups excluding carboxylic acids is 1. The van der Waals surface area contributed by atoms with Crippen molar-refractivity contribution < 1.29 is 4.79 Å². The minimum atomic E-state index is -0.163. The molecule has 1 aliphatic heterocycles. The number of carbonyl (C=O) groups is 1. The van der Waals surface area contributed by atoms with Crippen LogP contribution in [0.15, 0.2) is 35.8 Å². The van der Waals surface area contributed by atoms with Crippen molar-refractivity contribution in [1.82, 2.24) is 9.88 Å². The molecule has 1 amide bonds. The predicted octanol–water partition coefficient (Wildman–Crippen LogP) is 2.95. The molecule has 7 heteroatoms. The smallest absolute Gasteiger partial charge is 0.241 e. The van der Waals surface area contributed by atoms with E-state index in [0.717, 1.165) is 37.0 Å². The Morgan fingerprint density at radius 3 is 2.57 bits per heavy atom. The topological polar surface area (TPSA) is 48.5 Å². The van der Waals surface area contributed by atoms with Crippen molar-refractivity contribution in [2.45, 2.75) is 13.0 Å². The molecule has 1 fully saturated rings. The lowest BCUT2D eigenvalue weighted by Crippen LogP contribution is -2.52. The lowest BCUT2D eigenvalue weighted by molar-refractivity contribution is -0.120. The van der Waals surface area contributed by atoms with Crippen LogP contribution >= 0.6 is 22.9 Å². The van der Waals surface area contributed by atoms with Gasteiger partial charge in [0.15, 0.2) is 5.13 Å². The first-order valence-corrected chi connectivity index (χ1v) is 8.84. The first-order valence-electron chi connectivity index (χ1n) is 7.58. The standard InChI is InChI=1S/C16H19ClN4OS/c1-12(15(22)19-14-4-2-13(17)3-5-14)20-7-9-21(10-8-20)16-18-6-11-23-16/h2-6,11-12H,7-10H2,1H3,(H,19,22)/t12-/m1/s1. The van der Waals surface area contributed by atoms with Crippen molar-refractivity contribution in [1.29, 1.82) is 0 Å². The van der Waals surface area contributed by atoms with E-state index in [1.54, 1.807) is 23.5 Å². The lowest BCUT2D eigenvalue weighted by atomic mass is 10.2. The third kappa shape index (κ3) is 4.02. The van der Waals surface area contributed by atoms with Gasteiger partial charge in [-0.3, -0.25) is 9.69 Å². The van der Waals surface area contributed by atoms with Gasteiger partial charge in [0.1, 0.15) is 0 Å². The average Bonchev–Trinajstić information content (AvgIpc) is 3.11. The predicted molar refractivity (Wildman–Crippen MR) is 95.4 cm³/mol. The van der Waals surface area contributed by atoms with E-state index in [1.807, 2.05) is 30.6 Å². The fourth-order valence-electron chi connectivity index (χ4n) is 2.62. The zero-order valence-electron chi connectivity index (χ0n) is 12.9. The Kier molecular flexibility index (Phi) is 5.15. The second-order valence-electron chi connectivity index (χ2n) is 5.51. The van der Waals surface area contributed by atoms with Crippen molar-refractivity contribution in [2.75, 3.05) is 36.4 Å². The Bertz CT molecular complexity index is 639. The van der Waals surface area contributed by atoms with Crippen molar-refractivity contribution in [3.05, 3.63) is 40.9 Å². The number of amides is 1. The molecule has 0 unspecified atom stereocenters. The normalized spacial score (nSPS) is 17.0. The third-order valence-electron chi connectivity index (χ3n) is 4.04. The fourth-order valence-corrected chi connectivity index (χ4v) is 3.44. The largest absolute Gasteiger partial charge is 0.346 e. The highest BCUT2D eigenvalue weighted by Gasteiger charge is 2.26. The number of rotatable bonds is 4. The third-order valence-corrected chi connectivity index (χ3v) is 5.13. The number of aromatic nitrogens is 1. The molecule has 2 heterocycles. The number of thiazole rings is 1. The van der Waals surface area contributed by atoms with Gasteiger partial charge in [-0.25, -0.2) is 4.98 Å². The van der Waals surface area contributed by atoms with E-state index in [-0.39, 0.29) is 11.9 Å². The molecule has 23 heavy (non-hydrogen) atoms. The molecule has 1 N–H and O–H groups in total. The maximum absolute atomic E-state index is 12.4. The van der Waals surface area contributed by atoms with E-state index in [4.69, 9.17) is 11.6 Å². The first kappa shape index (κ1) is 16.2. The first-order chi connectivity index (χ1) is 11.1. The quantitative estimate of drug-likeness (QED) is 0.921. The summed E-state index contributed by atoms with van der Waals surface area (Å²) in [6.07, 6.45) is 1.83. The molecule has 122 valence electrons. The number of benzene rings is 1. The highest BCUT2D eigenvalue weighted by atomic mass is 35.5. The van der Waals surface area contributed by atoms with E-state index in [0.29, 0.717) is 5.02 Å². The van der Waals surface area contributed by atoms with Crippen LogP contribution in [-0.2, 0) is 4.79 Å². The molecule has 0 saturated carbocycles. The van der Waals surface area contributed by atoms with Gasteiger partial charge in [0.25, 0.3) is 0 Å². The highest BCUT2D eigenvalue weighted by Crippen LogP contribution is 2.20. The SMILES string of the molecule is C[C@H](C(=O)Nc1ccc(Cl)cc1)N1CCN(c2nccs2)CC1. The van der Waals surface area contributed by atoms with Crippen LogP contribution in [0.5, 0.6) is 0 Å². The second-order valence-corrected chi connectivity index (χ2v) is 6.82. The number of nitrogens with zero attached hydrogens (tertiary/aromatic N) is 3. The molecule has 0 radical (unpaired) electrons. The Hall–Kier alpha value is -1.63. The molecular weight excluding hydrogens is 332 g/mol. The summed E-state index contributed by atoms with van der Waals surface area (Å²) in [6, 6.07) is 7.01. The molecule has 3 rings (SSSR count). The molecule has 5 nitrogen and oxygen atoms in total. The van der Waals surface area contributed by atoms with E-state index >= 15 is 0 Å². The molecular formula is C16H19ClN4OS. The van der Waals surface area contributed by atoms with E-state index in [1.165, 1.54) is 0 Å². The summed E-state index contributed by atoms with van der Waals surface area (Å²) in [4.78, 5) is 21.2. The van der Waals surface area contributed by atoms with Crippen molar-refractivity contribution >= 4 is 39.7 Å². The maximum Gasteiger partial charge on any atom is 0.241 e. The van der Waals surface area contributed by atoms with Gasteiger partial charge in [-0.1, -0.05) is 11.6 Å². The molecule has 0 bridgehead atoms. The molecule has 1 atom stereocenters. The van der Waals surface area contributed by atoms with Gasteiger partial charge >= 0.3 is 0 Å². The van der Waals surface area contributed by atoms with Crippen LogP contribution in [0.25, 0.3) is 0 Å². The fraction of sp³-hybridized carbons (Fsp3) is 0.375. The van der Waals surface area contributed by atoms with Gasteiger partial charge < -0.3 is 10.2 Å². The van der Waals surface area contributed by atoms with Crippen molar-refractivity contribution in [2.24, 2.45) is 0 Å². The van der Waals surface area contributed by atoms with E-state index in [9.17, 15) is 4.79 Å². The maximum atomic E-state index is 12.4. The van der Waals surface area contributed by atoms with Crippen LogP contribution in [0, 0.1) is 0 Å². The van der Waals surface area contributed by atoms with Crippen LogP contribution in [0.3, 0.4) is 0 Å². The number of hydrogen-bond acceptors (Lipinski definition) is 5. The molecule has 0 aliphatic carbocycles. The van der Waals surface area contributed by atoms with Crippen LogP contribution in [0.4, 0.5) is 10.8 Å². The number of hydrogen-bond donors (Lipinski definition) is 1. The molecule has 2 aromatic rings. The minimum absolute atomic E-state index is 0.00928. The minimum Gasteiger partial charge on any atom is -0.346 e. The van der Waals surface area contributed by atoms with Gasteiger partial charge in [-0.05, 0) is 31.2 Å². The Balaban J connectivity index is 1.53. The zero-order chi connectivity index (χ0) is 16.2. The molecule has 1 aromatic heterocycles. The van der Waals surface area contributed by atoms with Gasteiger partial charge in [0.05, 0.1) is 6.04 Å². The Labute approximate surface area is 144 Å². The Morgan fingerprint density at radius 2 is 1.96 bits per heavy atom. The van der Waals surface area contributed by atoms with Crippen LogP contribution in [-0.4, -0.2) is 48.0 Å². The van der Waals surface area contributed by atoms with E-state index in [2.05, 4.69) is 20.1 Å². The highest BCUT2D eigenvalue weighted by molar-refractivity contribution is 7.13. The monoisotopic (exact) mass is 350 g/mol. The molecule has 1 aliphatic rings. The summed E-state index contributed by atoms with van der Waals surface area (Å²) >= 11 is 7.51. The molecule has 1 saturated heterocycles. The van der Waals surface area contributed by atoms with Crippen LogP contribution in [0.2, 0.25) is 5.02 Å². The van der Waals surface area contributed by atoms with Crippen molar-refractivity contribution in [3.8, 4) is 0 Å². The van der Waals surface area contributed by atoms with Crippen molar-refractivity contribution in [3.63, 3.8) is 0 Å². The van der Waals surface area contributed by atoms with Crippen LogP contribution < -0.4 is 10.2 Å². The van der Waals surface area contributed by atoms with Gasteiger partial charge in [-0.15, -0.1) is 11.3 Å². The van der Waals surface area contributed by atoms with Gasteiger partial charge in [-0.2, -0.15) is 0 Å². The average molecular weight is 351 g/mol. The van der Waals surface area contributed by atoms with Gasteiger partial charge in [0, 0.05) is 48.5 Å². The lowest BCUT2D eigenvalue weighted by Gasteiger charge is -2.37. The zero-order valence-corrected chi connectivity index (χ0v) is 14.5. The van der Waals surface area contributed by atoms with Crippen LogP contribution in [0.1, 0.15) is 6.92 Å². The number of nitrogens with one attached hydrogen (secondary N) is 1. The molecule has 0 spiro atoms. The summed E-state index contributed by atoms with van der Waals surface area (Å²) in [7, 11) is 0. The summed E-state index contributed by atoms with van der Waals surface area (Å²) in [5.41, 5.74) is 0.771. The van der Waals surface area contributed by atoms with E-state index < -0.39 is 0 Å². The summed E-state index contributed by atoms with van der Waals surface area (Å²) in [5, 5.41) is 6.65. The summed E-state index contributed by atoms with van der Waals surface area (Å²) in [6.45, 7) is 5.45. The number of piperazine rings is 1. The number of anilines is 2. The van der Waals surface area contributed by atoms with Gasteiger partial charge in [0.2, 0.25) is 5.91 Å².